The van der Waals surface area contributed by atoms with Crippen LogP contribution in [0.4, 0.5) is 0 Å². The molecule has 0 spiro atoms. The summed E-state index contributed by atoms with van der Waals surface area (Å²) in [6, 6.07) is 0. The van der Waals surface area contributed by atoms with Gasteiger partial charge in [0.05, 0.1) is 46.2 Å². The second-order valence-corrected chi connectivity index (χ2v) is 31.0. The fourth-order valence-corrected chi connectivity index (χ4v) is 13.5. The fourth-order valence-electron chi connectivity index (χ4n) is 11.4. The first-order valence-corrected chi connectivity index (χ1v) is 38.8. The highest BCUT2D eigenvalue weighted by atomic mass is 32.3. The van der Waals surface area contributed by atoms with Crippen molar-refractivity contribution in [1.82, 2.24) is 0 Å². The van der Waals surface area contributed by atoms with E-state index in [4.69, 9.17) is 66.3 Å². The predicted octanol–water partition coefficient (Wildman–Crippen LogP) is -16.4. The lowest BCUT2D eigenvalue weighted by atomic mass is 9.95. The lowest BCUT2D eigenvalue weighted by molar-refractivity contribution is -0.395. The van der Waals surface area contributed by atoms with Crippen molar-refractivity contribution in [3.05, 3.63) is 0 Å². The largest absolute Gasteiger partial charge is 0.397 e. The van der Waals surface area contributed by atoms with E-state index >= 15 is 0 Å². The Labute approximate surface area is 589 Å². The van der Waals surface area contributed by atoms with Crippen molar-refractivity contribution in [1.29, 1.82) is 0 Å². The Balaban J connectivity index is 1.23. The van der Waals surface area contributed by atoms with Crippen LogP contribution in [0.15, 0.2) is 0 Å². The van der Waals surface area contributed by atoms with Gasteiger partial charge in [-0.25, -0.2) is 29.3 Å². The number of aliphatic hydroxyl groups excluding tert-OH is 14. The van der Waals surface area contributed by atoms with Crippen LogP contribution in [0.3, 0.4) is 0 Å². The summed E-state index contributed by atoms with van der Waals surface area (Å²) >= 11 is 0. The van der Waals surface area contributed by atoms with Gasteiger partial charge in [0.2, 0.25) is 0 Å². The van der Waals surface area contributed by atoms with Crippen LogP contribution in [0.25, 0.3) is 0 Å². The van der Waals surface area contributed by atoms with E-state index in [2.05, 4.69) is 29.3 Å². The van der Waals surface area contributed by atoms with Crippen LogP contribution < -0.4 is 0 Å². The number of hydrogen-bond acceptors (Lipinski definition) is 49. The molecule has 0 aromatic carbocycles. The van der Waals surface area contributed by atoms with E-state index in [1.807, 2.05) is 0 Å². The highest BCUT2D eigenvalue weighted by Gasteiger charge is 2.61. The third kappa shape index (κ3) is 23.6. The zero-order chi connectivity index (χ0) is 78.5. The van der Waals surface area contributed by atoms with Gasteiger partial charge in [0.25, 0.3) is 0 Å². The van der Waals surface area contributed by atoms with Gasteiger partial charge < -0.3 is 138 Å². The zero-order valence-corrected chi connectivity index (χ0v) is 57.4. The summed E-state index contributed by atoms with van der Waals surface area (Å²) in [6.07, 6.45) is -93.1. The first kappa shape index (κ1) is 88.5. The summed E-state index contributed by atoms with van der Waals surface area (Å²) in [6.45, 7) is -11.6. The molecule has 56 nitrogen and oxygen atoms in total. The predicted molar refractivity (Wildman–Crippen MR) is 301 cm³/mol. The summed E-state index contributed by atoms with van der Waals surface area (Å²) in [5, 5.41) is 163. The quantitative estimate of drug-likeness (QED) is 0.0475. The van der Waals surface area contributed by atoms with Gasteiger partial charge in [-0.1, -0.05) is 0 Å². The number of hydrogen-bond donors (Lipinski definition) is 21. The third-order valence-corrected chi connectivity index (χ3v) is 19.2. The van der Waals surface area contributed by atoms with E-state index < -0.39 is 334 Å². The first-order valence-electron chi connectivity index (χ1n) is 29.2. The standard InChI is InChI=1S/C42H70O56S7/c43-15-22(50)36-85-8(1-78-99(57,58)59)29(15)92-37-23(51)16(44)31(10(86-37)3-80-101(63,64)65)94-39-25(53)18(46)33(12(88-39)5-82-103(69,70)71)96-41-27(55)20(48)35(14(90-41)7-84-105(75,76)77)98-42-28(56)21(49)34(13(91-42)6-83-104(72,73)74)97-40-26(54)19(47)32(11(89-40)4-81-102(66,67)68)95-38-24(52)17(45)30(93-36)9(87-38)2-79-100(60,61)62/h8-56H,1-7H2,(H,57,58,59)(H,60,61,62)(H,63,64,65)(H,66,67,68)(H,69,70,71)(H,72,73,74)(H,75,76,77)/t8-,9-,10-,11-,12-,13-,14-,15-,16-,17-,18-,19-,20-,21+,22-,23-,24-,25-,26+,27+,28-,29-,30-,31-,32-,33-,34-,35-,36-,37-,38-,39-,40-,41?,42-/m1/s1. The smallest absolute Gasteiger partial charge is 0.387 e. The zero-order valence-electron chi connectivity index (χ0n) is 51.7. The van der Waals surface area contributed by atoms with E-state index in [9.17, 15) is 162 Å². The van der Waals surface area contributed by atoms with Gasteiger partial charge in [0.1, 0.15) is 171 Å². The lowest BCUT2D eigenvalue weighted by Crippen LogP contribution is -2.68. The van der Waals surface area contributed by atoms with Crippen LogP contribution in [0.5, 0.6) is 0 Å². The first-order chi connectivity index (χ1) is 48.2. The third-order valence-electron chi connectivity index (χ3n) is 16.2. The number of ether oxygens (including phenoxy) is 14. The van der Waals surface area contributed by atoms with Crippen molar-refractivity contribution >= 4 is 72.8 Å². The van der Waals surface area contributed by atoms with Crippen molar-refractivity contribution in [3.8, 4) is 0 Å². The molecule has 0 saturated carbocycles. The fraction of sp³-hybridized carbons (Fsp3) is 1.00. The Morgan fingerprint density at radius 1 is 0.171 bits per heavy atom. The molecular weight excluding hydrogens is 1620 g/mol. The van der Waals surface area contributed by atoms with Crippen LogP contribution in [0, 0.1) is 0 Å². The molecule has 21 fully saturated rings. The molecule has 0 amide bonds. The van der Waals surface area contributed by atoms with Crippen LogP contribution in [0.2, 0.25) is 0 Å². The molecule has 105 heavy (non-hydrogen) atoms. The molecule has 1 unspecified atom stereocenters. The normalized spacial score (nSPS) is 44.9. The molecule has 21 rings (SSSR count). The molecule has 0 aliphatic carbocycles. The molecule has 21 N–H and O–H groups in total. The van der Waals surface area contributed by atoms with E-state index in [0.717, 1.165) is 0 Å². The average Bonchev–Trinajstić information content (AvgIpc) is 0.789. The molecule has 21 aliphatic rings. The molecule has 14 bridgehead atoms. The topological polar surface area (TPSA) is 858 Å². The molecule has 0 aromatic heterocycles. The molecule has 616 valence electrons. The van der Waals surface area contributed by atoms with Gasteiger partial charge in [-0.15, -0.1) is 0 Å². The lowest BCUT2D eigenvalue weighted by Gasteiger charge is -2.50. The Hall–Kier alpha value is -2.03. The van der Waals surface area contributed by atoms with Crippen LogP contribution in [0.1, 0.15) is 0 Å². The van der Waals surface area contributed by atoms with E-state index in [-0.39, 0.29) is 0 Å². The van der Waals surface area contributed by atoms with Gasteiger partial charge in [-0.05, 0) is 0 Å². The Morgan fingerprint density at radius 2 is 0.267 bits per heavy atom. The molecule has 21 heterocycles. The molecule has 63 heteroatoms. The molecule has 21 aliphatic heterocycles. The minimum absolute atomic E-state index is 1.65. The summed E-state index contributed by atoms with van der Waals surface area (Å²) < 4.78 is 343. The Bertz CT molecular complexity index is 3040. The monoisotopic (exact) mass is 1690 g/mol. The van der Waals surface area contributed by atoms with E-state index in [0.29, 0.717) is 0 Å². The Kier molecular flexibility index (Phi) is 29.3. The van der Waals surface area contributed by atoms with Gasteiger partial charge in [0, 0.05) is 0 Å². The van der Waals surface area contributed by atoms with Gasteiger partial charge in [-0.2, -0.15) is 58.9 Å². The van der Waals surface area contributed by atoms with Gasteiger partial charge in [-0.3, -0.25) is 31.9 Å². The van der Waals surface area contributed by atoms with Crippen molar-refractivity contribution in [2.24, 2.45) is 0 Å². The van der Waals surface area contributed by atoms with E-state index in [1.54, 1.807) is 0 Å². The number of rotatable bonds is 21. The maximum Gasteiger partial charge on any atom is 0.397 e. The van der Waals surface area contributed by atoms with Crippen LogP contribution in [-0.4, -0.2) is 423 Å². The molecule has 35 atom stereocenters. The van der Waals surface area contributed by atoms with Crippen molar-refractivity contribution in [3.63, 3.8) is 0 Å². The minimum Gasteiger partial charge on any atom is -0.387 e. The number of aliphatic hydroxyl groups is 14. The summed E-state index contributed by atoms with van der Waals surface area (Å²) in [5.41, 5.74) is 0. The highest BCUT2D eigenvalue weighted by molar-refractivity contribution is 7.82. The average molecular weight is 1700 g/mol. The van der Waals surface area contributed by atoms with Crippen molar-refractivity contribution in [2.45, 2.75) is 215 Å². The SMILES string of the molecule is O=S(=O)(O)OC[C@H]1O[C@@H]2O[C@H]3[C@@H](O)[C@@H](O)[C@@H](O[C@H]4[C@H](O)[C@H](O)C(O[C@H]5[C@H](O)[C@@H](O)[C@@H](O[C@H]6[C@H](O)[C@@H](O)[C@@H](O[C@H]7[C@H](O)[C@@H](O)[C@@H](O[C@H]8[C@H](O)[C@@H](O)[C@@H](O[C@H]1[C@H](O)[C@@H]2O)O[C@@H]8COS(=O)(=O)O)O[C@@H]7COS(=O)(=O)O)O[C@@H]6COS(=O)(=O)O)O[C@@H]5COS(=O)(=O)O)O[C@@H]4COS(=O)(=O)O)O[C@@H]3COS(=O)(=O)O. The maximum absolute atomic E-state index is 12.0. The second-order valence-electron chi connectivity index (χ2n) is 23.4. The van der Waals surface area contributed by atoms with Crippen molar-refractivity contribution < 1.29 is 258 Å². The molecule has 21 saturated heterocycles. The maximum atomic E-state index is 12.0. The highest BCUT2D eigenvalue weighted by Crippen LogP contribution is 2.40. The molecular formula is C42H70O56S7. The minimum atomic E-state index is -5.67. The van der Waals surface area contributed by atoms with Gasteiger partial charge in [0.15, 0.2) is 44.0 Å². The summed E-state index contributed by atoms with van der Waals surface area (Å²) in [4.78, 5) is 0. The molecule has 0 aromatic rings. The second kappa shape index (κ2) is 34.7. The van der Waals surface area contributed by atoms with Crippen molar-refractivity contribution in [2.75, 3.05) is 46.2 Å². The van der Waals surface area contributed by atoms with Crippen LogP contribution >= 0.6 is 0 Å². The van der Waals surface area contributed by atoms with E-state index in [1.165, 1.54) is 0 Å². The Morgan fingerprint density at radius 3 is 0.352 bits per heavy atom. The molecule has 0 radical (unpaired) electrons. The summed E-state index contributed by atoms with van der Waals surface area (Å²) in [7, 11) is -39.7. The summed E-state index contributed by atoms with van der Waals surface area (Å²) in [5.74, 6) is 0. The van der Waals surface area contributed by atoms with Gasteiger partial charge >= 0.3 is 72.8 Å². The van der Waals surface area contributed by atoms with Crippen LogP contribution in [-0.2, 0) is 168 Å².